The van der Waals surface area contributed by atoms with E-state index < -0.39 is 12.0 Å². The van der Waals surface area contributed by atoms with E-state index in [4.69, 9.17) is 0 Å². The second-order valence-corrected chi connectivity index (χ2v) is 5.58. The lowest BCUT2D eigenvalue weighted by atomic mass is 10.3. The van der Waals surface area contributed by atoms with Gasteiger partial charge in [-0.05, 0) is 22.4 Å². The molecule has 1 aliphatic heterocycles. The molecule has 6 nitrogen and oxygen atoms in total. The van der Waals surface area contributed by atoms with Gasteiger partial charge in [0.1, 0.15) is 0 Å². The molecule has 2 amide bonds. The molecule has 0 radical (unpaired) electrons. The van der Waals surface area contributed by atoms with Gasteiger partial charge in [-0.2, -0.15) is 24.5 Å². The van der Waals surface area contributed by atoms with Gasteiger partial charge in [0.15, 0.2) is 5.82 Å². The molecule has 3 heterocycles. The maximum atomic E-state index is 12.7. The van der Waals surface area contributed by atoms with Crippen LogP contribution in [-0.4, -0.2) is 32.2 Å². The van der Waals surface area contributed by atoms with Crippen LogP contribution in [0.5, 0.6) is 0 Å². The number of nitrogens with one attached hydrogen (secondary N) is 1. The van der Waals surface area contributed by atoms with Crippen molar-refractivity contribution in [1.82, 2.24) is 25.0 Å². The Balaban J connectivity index is 1.64. The number of carbonyl (C=O) groups excluding carboxylic acids is 1. The van der Waals surface area contributed by atoms with Crippen molar-refractivity contribution in [3.63, 3.8) is 0 Å². The van der Waals surface area contributed by atoms with E-state index in [1.54, 1.807) is 0 Å². The van der Waals surface area contributed by atoms with Gasteiger partial charge in [0.2, 0.25) is 5.82 Å². The lowest BCUT2D eigenvalue weighted by Crippen LogP contribution is -2.44. The van der Waals surface area contributed by atoms with Crippen molar-refractivity contribution >= 4 is 17.4 Å². The molecule has 1 aliphatic rings. The number of alkyl halides is 3. The van der Waals surface area contributed by atoms with Gasteiger partial charge in [-0.15, -0.1) is 10.2 Å². The van der Waals surface area contributed by atoms with Crippen LogP contribution in [0.2, 0.25) is 0 Å². The molecule has 10 heteroatoms. The number of carbonyl (C=O) groups is 1. The van der Waals surface area contributed by atoms with E-state index in [1.165, 1.54) is 16.2 Å². The SMILES string of the molecule is O=C(NCc1ccsc1)N1CCn2c(nnc2C(F)(F)F)C1. The lowest BCUT2D eigenvalue weighted by molar-refractivity contribution is -0.147. The Morgan fingerprint density at radius 3 is 2.86 bits per heavy atom. The van der Waals surface area contributed by atoms with E-state index in [0.717, 1.165) is 10.1 Å². The maximum Gasteiger partial charge on any atom is 0.451 e. The third kappa shape index (κ3) is 2.91. The van der Waals surface area contributed by atoms with Crippen molar-refractivity contribution in [1.29, 1.82) is 0 Å². The van der Waals surface area contributed by atoms with Gasteiger partial charge in [0.25, 0.3) is 0 Å². The summed E-state index contributed by atoms with van der Waals surface area (Å²) in [7, 11) is 0. The highest BCUT2D eigenvalue weighted by molar-refractivity contribution is 7.07. The summed E-state index contributed by atoms with van der Waals surface area (Å²) >= 11 is 1.53. The molecule has 0 spiro atoms. The molecule has 0 fully saturated rings. The summed E-state index contributed by atoms with van der Waals surface area (Å²) in [5.41, 5.74) is 0.984. The molecule has 0 saturated heterocycles. The molecule has 3 rings (SSSR count). The van der Waals surface area contributed by atoms with Gasteiger partial charge in [-0.1, -0.05) is 0 Å². The van der Waals surface area contributed by atoms with Gasteiger partial charge in [0.05, 0.1) is 6.54 Å². The monoisotopic (exact) mass is 331 g/mol. The average molecular weight is 331 g/mol. The summed E-state index contributed by atoms with van der Waals surface area (Å²) in [6, 6.07) is 1.57. The molecular weight excluding hydrogens is 319 g/mol. The van der Waals surface area contributed by atoms with Gasteiger partial charge in [0, 0.05) is 19.6 Å². The van der Waals surface area contributed by atoms with Gasteiger partial charge >= 0.3 is 12.2 Å². The highest BCUT2D eigenvalue weighted by Gasteiger charge is 2.39. The third-order valence-corrected chi connectivity index (χ3v) is 4.05. The summed E-state index contributed by atoms with van der Waals surface area (Å²) in [6.07, 6.45) is -4.53. The van der Waals surface area contributed by atoms with Crippen molar-refractivity contribution in [3.05, 3.63) is 34.0 Å². The highest BCUT2D eigenvalue weighted by atomic mass is 32.1. The minimum absolute atomic E-state index is 0.0125. The lowest BCUT2D eigenvalue weighted by Gasteiger charge is -2.28. The first kappa shape index (κ1) is 14.8. The molecular formula is C12H12F3N5OS. The van der Waals surface area contributed by atoms with Crippen molar-refractivity contribution in [3.8, 4) is 0 Å². The Hall–Kier alpha value is -2.10. The number of fused-ring (bicyclic) bond motifs is 1. The maximum absolute atomic E-state index is 12.7. The molecule has 118 valence electrons. The molecule has 1 N–H and O–H groups in total. The van der Waals surface area contributed by atoms with Crippen LogP contribution in [0.15, 0.2) is 16.8 Å². The number of hydrogen-bond acceptors (Lipinski definition) is 4. The second kappa shape index (κ2) is 5.59. The first-order valence-electron chi connectivity index (χ1n) is 6.48. The molecule has 22 heavy (non-hydrogen) atoms. The van der Waals surface area contributed by atoms with Crippen LogP contribution < -0.4 is 5.32 Å². The van der Waals surface area contributed by atoms with Crippen molar-refractivity contribution in [2.24, 2.45) is 0 Å². The number of aromatic nitrogens is 3. The van der Waals surface area contributed by atoms with Gasteiger partial charge < -0.3 is 14.8 Å². The predicted molar refractivity (Wildman–Crippen MR) is 72.0 cm³/mol. The summed E-state index contributed by atoms with van der Waals surface area (Å²) in [6.45, 7) is 0.616. The van der Waals surface area contributed by atoms with Crippen molar-refractivity contribution in [2.75, 3.05) is 6.54 Å². The van der Waals surface area contributed by atoms with Crippen LogP contribution in [0.4, 0.5) is 18.0 Å². The van der Waals surface area contributed by atoms with Crippen LogP contribution in [0.3, 0.4) is 0 Å². The Morgan fingerprint density at radius 2 is 2.18 bits per heavy atom. The highest BCUT2D eigenvalue weighted by Crippen LogP contribution is 2.29. The number of rotatable bonds is 2. The van der Waals surface area contributed by atoms with E-state index >= 15 is 0 Å². The summed E-state index contributed by atoms with van der Waals surface area (Å²) in [5.74, 6) is -0.870. The van der Waals surface area contributed by atoms with Crippen LogP contribution in [-0.2, 0) is 25.8 Å². The summed E-state index contributed by atoms with van der Waals surface area (Å²) < 4.78 is 39.2. The van der Waals surface area contributed by atoms with E-state index in [9.17, 15) is 18.0 Å². The zero-order valence-corrected chi connectivity index (χ0v) is 12.1. The van der Waals surface area contributed by atoms with Crippen molar-refractivity contribution < 1.29 is 18.0 Å². The first-order valence-corrected chi connectivity index (χ1v) is 7.42. The number of urea groups is 1. The van der Waals surface area contributed by atoms with Crippen LogP contribution >= 0.6 is 11.3 Å². The minimum Gasteiger partial charge on any atom is -0.334 e. The molecule has 0 aromatic carbocycles. The second-order valence-electron chi connectivity index (χ2n) is 4.80. The predicted octanol–water partition coefficient (Wildman–Crippen LogP) is 2.08. The Morgan fingerprint density at radius 1 is 1.36 bits per heavy atom. The molecule has 0 saturated carbocycles. The Bertz CT molecular complexity index is 667. The fourth-order valence-corrected chi connectivity index (χ4v) is 2.89. The van der Waals surface area contributed by atoms with Crippen LogP contribution in [0.1, 0.15) is 17.2 Å². The zero-order valence-electron chi connectivity index (χ0n) is 11.3. The molecule has 2 aromatic rings. The Kier molecular flexibility index (Phi) is 3.77. The smallest absolute Gasteiger partial charge is 0.334 e. The van der Waals surface area contributed by atoms with E-state index in [2.05, 4.69) is 15.5 Å². The van der Waals surface area contributed by atoms with Crippen LogP contribution in [0, 0.1) is 0 Å². The first-order chi connectivity index (χ1) is 10.4. The summed E-state index contributed by atoms with van der Waals surface area (Å²) in [5, 5.41) is 13.3. The fraction of sp³-hybridized carbons (Fsp3) is 0.417. The molecule has 0 aliphatic carbocycles. The minimum atomic E-state index is -4.53. The largest absolute Gasteiger partial charge is 0.451 e. The number of hydrogen-bond donors (Lipinski definition) is 1. The third-order valence-electron chi connectivity index (χ3n) is 3.32. The normalized spacial score (nSPS) is 14.8. The molecule has 0 bridgehead atoms. The number of thiophene rings is 1. The average Bonchev–Trinajstić information content (AvgIpc) is 3.12. The molecule has 0 unspecified atom stereocenters. The van der Waals surface area contributed by atoms with E-state index in [0.29, 0.717) is 6.54 Å². The fourth-order valence-electron chi connectivity index (χ4n) is 2.22. The van der Waals surface area contributed by atoms with Crippen LogP contribution in [0.25, 0.3) is 0 Å². The van der Waals surface area contributed by atoms with E-state index in [-0.39, 0.29) is 31.5 Å². The number of amides is 2. The summed E-state index contributed by atoms with van der Waals surface area (Å²) in [4.78, 5) is 13.5. The van der Waals surface area contributed by atoms with Gasteiger partial charge in [-0.25, -0.2) is 4.79 Å². The Labute approximate surface area is 127 Å². The van der Waals surface area contributed by atoms with E-state index in [1.807, 2.05) is 16.8 Å². The number of halogens is 3. The van der Waals surface area contributed by atoms with Gasteiger partial charge in [-0.3, -0.25) is 0 Å². The zero-order chi connectivity index (χ0) is 15.7. The standard InChI is InChI=1S/C12H12F3N5OS/c13-12(14,15)10-18-17-9-6-19(2-3-20(9)10)11(21)16-5-8-1-4-22-7-8/h1,4,7H,2-3,5-6H2,(H,16,21). The van der Waals surface area contributed by atoms with Crippen molar-refractivity contribution in [2.45, 2.75) is 25.8 Å². The molecule has 2 aromatic heterocycles. The quantitative estimate of drug-likeness (QED) is 0.916. The molecule has 0 atom stereocenters. The number of nitrogens with zero attached hydrogens (tertiary/aromatic N) is 4. The topological polar surface area (TPSA) is 63.1 Å².